The molecule has 3 aromatic rings. The van der Waals surface area contributed by atoms with Gasteiger partial charge in [0.05, 0.1) is 17.7 Å². The van der Waals surface area contributed by atoms with Crippen LogP contribution in [0.5, 0.6) is 11.5 Å². The maximum atomic E-state index is 13.5. The molecule has 0 bridgehead atoms. The Morgan fingerprint density at radius 3 is 2.12 bits per heavy atom. The van der Waals surface area contributed by atoms with Crippen LogP contribution < -0.4 is 9.64 Å². The third kappa shape index (κ3) is 4.30. The van der Waals surface area contributed by atoms with E-state index in [2.05, 4.69) is 0 Å². The number of hydrogen-bond donors (Lipinski definition) is 2. The summed E-state index contributed by atoms with van der Waals surface area (Å²) in [4.78, 5) is 27.3. The molecular formula is C26H22FNO5. The van der Waals surface area contributed by atoms with Gasteiger partial charge in [0.15, 0.2) is 0 Å². The molecule has 6 nitrogen and oxygen atoms in total. The van der Waals surface area contributed by atoms with Crippen LogP contribution in [0.1, 0.15) is 31.0 Å². The van der Waals surface area contributed by atoms with Gasteiger partial charge in [-0.25, -0.2) is 4.39 Å². The molecule has 1 saturated heterocycles. The fourth-order valence-corrected chi connectivity index (χ4v) is 3.79. The van der Waals surface area contributed by atoms with E-state index < -0.39 is 23.5 Å². The van der Waals surface area contributed by atoms with E-state index in [1.807, 2.05) is 13.8 Å². The summed E-state index contributed by atoms with van der Waals surface area (Å²) >= 11 is 0. The largest absolute Gasteiger partial charge is 0.508 e. The van der Waals surface area contributed by atoms with Gasteiger partial charge in [0, 0.05) is 11.3 Å². The summed E-state index contributed by atoms with van der Waals surface area (Å²) in [5.41, 5.74) is 1.04. The van der Waals surface area contributed by atoms with Crippen LogP contribution in [0.3, 0.4) is 0 Å². The Morgan fingerprint density at radius 1 is 0.939 bits per heavy atom. The number of ether oxygens (including phenoxy) is 1. The minimum atomic E-state index is -0.970. The SMILES string of the molecule is CC(C)Oc1ccc(/C(O)=C2\C(=O)C(=O)N(c3ccc(F)cc3)C2c2ccc(O)cc2)cc1. The Bertz CT molecular complexity index is 1220. The molecule has 1 unspecified atom stereocenters. The van der Waals surface area contributed by atoms with E-state index in [1.54, 1.807) is 36.4 Å². The predicted molar refractivity (Wildman–Crippen MR) is 121 cm³/mol. The third-order valence-electron chi connectivity index (χ3n) is 5.26. The second-order valence-corrected chi connectivity index (χ2v) is 7.93. The van der Waals surface area contributed by atoms with Crippen molar-refractivity contribution < 1.29 is 28.9 Å². The number of aromatic hydroxyl groups is 1. The number of ketones is 1. The van der Waals surface area contributed by atoms with E-state index in [9.17, 15) is 24.2 Å². The lowest BCUT2D eigenvalue weighted by atomic mass is 9.95. The van der Waals surface area contributed by atoms with Crippen molar-refractivity contribution in [3.63, 3.8) is 0 Å². The number of benzene rings is 3. The normalized spacial score (nSPS) is 17.6. The molecule has 0 aromatic heterocycles. The predicted octanol–water partition coefficient (Wildman–Crippen LogP) is 4.94. The summed E-state index contributed by atoms with van der Waals surface area (Å²) in [5.74, 6) is -1.92. The van der Waals surface area contributed by atoms with Crippen molar-refractivity contribution in [1.29, 1.82) is 0 Å². The van der Waals surface area contributed by atoms with Crippen molar-refractivity contribution in [2.75, 3.05) is 4.90 Å². The smallest absolute Gasteiger partial charge is 0.300 e. The number of halogens is 1. The molecule has 3 aromatic carbocycles. The number of rotatable bonds is 5. The zero-order valence-electron chi connectivity index (χ0n) is 18.0. The molecule has 1 atom stereocenters. The summed E-state index contributed by atoms with van der Waals surface area (Å²) in [5, 5.41) is 20.8. The molecule has 7 heteroatoms. The molecule has 0 radical (unpaired) electrons. The standard InChI is InChI=1S/C26H22FNO5/c1-15(2)33-21-13-5-17(6-14-21)24(30)22-23(16-3-11-20(29)12-4-16)28(26(32)25(22)31)19-9-7-18(27)8-10-19/h3-15,23,29-30H,1-2H3/b24-22+. The second-order valence-electron chi connectivity index (χ2n) is 7.93. The number of nitrogens with zero attached hydrogens (tertiary/aromatic N) is 1. The van der Waals surface area contributed by atoms with Gasteiger partial charge in [0.1, 0.15) is 23.1 Å². The Balaban J connectivity index is 1.85. The molecule has 1 fully saturated rings. The Labute approximate surface area is 190 Å². The van der Waals surface area contributed by atoms with Crippen LogP contribution >= 0.6 is 0 Å². The summed E-state index contributed by atoms with van der Waals surface area (Å²) in [7, 11) is 0. The summed E-state index contributed by atoms with van der Waals surface area (Å²) in [6, 6.07) is 16.7. The fraction of sp³-hybridized carbons (Fsp3) is 0.154. The van der Waals surface area contributed by atoms with Crippen molar-refractivity contribution in [1.82, 2.24) is 0 Å². The molecule has 1 amide bonds. The van der Waals surface area contributed by atoms with Gasteiger partial charge in [-0.05, 0) is 80.1 Å². The minimum Gasteiger partial charge on any atom is -0.508 e. The maximum Gasteiger partial charge on any atom is 0.300 e. The van der Waals surface area contributed by atoms with E-state index in [0.717, 1.165) is 0 Å². The number of aliphatic hydroxyl groups is 1. The summed E-state index contributed by atoms with van der Waals surface area (Å²) in [6.07, 6.45) is -0.0278. The second kappa shape index (κ2) is 8.78. The van der Waals surface area contributed by atoms with Crippen molar-refractivity contribution in [3.8, 4) is 11.5 Å². The number of phenols is 1. The van der Waals surface area contributed by atoms with Crippen LogP contribution in [0, 0.1) is 5.82 Å². The zero-order valence-corrected chi connectivity index (χ0v) is 18.0. The van der Waals surface area contributed by atoms with Crippen LogP contribution in [-0.4, -0.2) is 28.0 Å². The first-order valence-electron chi connectivity index (χ1n) is 10.4. The van der Waals surface area contributed by atoms with Gasteiger partial charge in [-0.3, -0.25) is 14.5 Å². The van der Waals surface area contributed by atoms with Crippen molar-refractivity contribution in [3.05, 3.63) is 95.3 Å². The fourth-order valence-electron chi connectivity index (χ4n) is 3.79. The van der Waals surface area contributed by atoms with E-state index in [4.69, 9.17) is 4.74 Å². The van der Waals surface area contributed by atoms with Gasteiger partial charge >= 0.3 is 0 Å². The Morgan fingerprint density at radius 2 is 1.55 bits per heavy atom. The van der Waals surface area contributed by atoms with Crippen LogP contribution in [0.25, 0.3) is 5.76 Å². The molecular weight excluding hydrogens is 425 g/mol. The average Bonchev–Trinajstić information content (AvgIpc) is 3.05. The number of Topliss-reactive ketones (excluding diaryl/α,β-unsaturated/α-hetero) is 1. The highest BCUT2D eigenvalue weighted by atomic mass is 19.1. The lowest BCUT2D eigenvalue weighted by Gasteiger charge is -2.25. The number of amides is 1. The maximum absolute atomic E-state index is 13.5. The van der Waals surface area contributed by atoms with Gasteiger partial charge in [-0.2, -0.15) is 0 Å². The zero-order chi connectivity index (χ0) is 23.7. The van der Waals surface area contributed by atoms with E-state index in [0.29, 0.717) is 22.6 Å². The van der Waals surface area contributed by atoms with E-state index >= 15 is 0 Å². The van der Waals surface area contributed by atoms with Crippen LogP contribution in [0.2, 0.25) is 0 Å². The van der Waals surface area contributed by atoms with Gasteiger partial charge in [-0.1, -0.05) is 12.1 Å². The highest BCUT2D eigenvalue weighted by Crippen LogP contribution is 2.42. The molecule has 1 aliphatic heterocycles. The molecule has 1 aliphatic rings. The van der Waals surface area contributed by atoms with Gasteiger partial charge in [0.25, 0.3) is 11.7 Å². The van der Waals surface area contributed by atoms with Gasteiger partial charge in [0.2, 0.25) is 0 Å². The Hall–Kier alpha value is -4.13. The molecule has 0 saturated carbocycles. The minimum absolute atomic E-state index is 0.0122. The topological polar surface area (TPSA) is 87.1 Å². The number of anilines is 1. The average molecular weight is 447 g/mol. The Kier molecular flexibility index (Phi) is 5.87. The lowest BCUT2D eigenvalue weighted by molar-refractivity contribution is -0.132. The van der Waals surface area contributed by atoms with Crippen molar-refractivity contribution in [2.24, 2.45) is 0 Å². The summed E-state index contributed by atoms with van der Waals surface area (Å²) in [6.45, 7) is 3.78. The van der Waals surface area contributed by atoms with Crippen molar-refractivity contribution >= 4 is 23.1 Å². The van der Waals surface area contributed by atoms with Crippen LogP contribution in [0.4, 0.5) is 10.1 Å². The van der Waals surface area contributed by atoms with Gasteiger partial charge in [-0.15, -0.1) is 0 Å². The van der Waals surface area contributed by atoms with E-state index in [-0.39, 0.29) is 23.2 Å². The van der Waals surface area contributed by atoms with Crippen molar-refractivity contribution in [2.45, 2.75) is 26.0 Å². The quantitative estimate of drug-likeness (QED) is 0.329. The first-order chi connectivity index (χ1) is 15.8. The highest BCUT2D eigenvalue weighted by Gasteiger charge is 2.46. The number of carbonyl (C=O) groups excluding carboxylic acids is 2. The number of carbonyl (C=O) groups is 2. The first kappa shape index (κ1) is 22.1. The number of aliphatic hydroxyl groups excluding tert-OH is 1. The highest BCUT2D eigenvalue weighted by molar-refractivity contribution is 6.51. The molecule has 33 heavy (non-hydrogen) atoms. The van der Waals surface area contributed by atoms with Gasteiger partial charge < -0.3 is 14.9 Å². The monoisotopic (exact) mass is 447 g/mol. The molecule has 4 rings (SSSR count). The lowest BCUT2D eigenvalue weighted by Crippen LogP contribution is -2.29. The molecule has 1 heterocycles. The summed E-state index contributed by atoms with van der Waals surface area (Å²) < 4.78 is 19.1. The number of phenolic OH excluding ortho intramolecular Hbond substituents is 1. The molecule has 168 valence electrons. The van der Waals surface area contributed by atoms with Crippen LogP contribution in [0.15, 0.2) is 78.4 Å². The third-order valence-corrected chi connectivity index (χ3v) is 5.26. The molecule has 2 N–H and O–H groups in total. The molecule has 0 aliphatic carbocycles. The first-order valence-corrected chi connectivity index (χ1v) is 10.4. The van der Waals surface area contributed by atoms with E-state index in [1.165, 1.54) is 41.3 Å². The number of hydrogen-bond acceptors (Lipinski definition) is 5. The van der Waals surface area contributed by atoms with Crippen LogP contribution in [-0.2, 0) is 9.59 Å². The molecule has 0 spiro atoms.